The fraction of sp³-hybridized carbons (Fsp3) is 0.733. The predicted octanol–water partition coefficient (Wildman–Crippen LogP) is 2.84. The molecule has 4 heteroatoms. The average molecular weight is 261 g/mol. The van der Waals surface area contributed by atoms with Gasteiger partial charge in [-0.25, -0.2) is 0 Å². The number of aromatic amines is 1. The maximum Gasteiger partial charge on any atom is 0.272 e. The van der Waals surface area contributed by atoms with Crippen LogP contribution in [0.15, 0.2) is 6.07 Å². The Labute approximate surface area is 114 Å². The van der Waals surface area contributed by atoms with Crippen molar-refractivity contribution in [2.24, 2.45) is 11.8 Å². The number of aromatic nitrogens is 2. The zero-order valence-electron chi connectivity index (χ0n) is 11.8. The number of carbonyl (C=O) groups is 1. The second-order valence-corrected chi connectivity index (χ2v) is 6.38. The van der Waals surface area contributed by atoms with Gasteiger partial charge in [0, 0.05) is 11.7 Å². The topological polar surface area (TPSA) is 57.8 Å². The van der Waals surface area contributed by atoms with Crippen LogP contribution in [0.5, 0.6) is 0 Å². The number of nitrogens with zero attached hydrogens (tertiary/aromatic N) is 1. The fourth-order valence-corrected chi connectivity index (χ4v) is 3.73. The second kappa shape index (κ2) is 4.99. The molecule has 0 spiro atoms. The van der Waals surface area contributed by atoms with Gasteiger partial charge in [0.25, 0.3) is 5.91 Å². The predicted molar refractivity (Wildman–Crippen MR) is 74.0 cm³/mol. The summed E-state index contributed by atoms with van der Waals surface area (Å²) in [4.78, 5) is 12.2. The van der Waals surface area contributed by atoms with E-state index in [1.54, 1.807) is 0 Å². The van der Waals surface area contributed by atoms with Gasteiger partial charge >= 0.3 is 0 Å². The van der Waals surface area contributed by atoms with Crippen LogP contribution >= 0.6 is 0 Å². The van der Waals surface area contributed by atoms with Crippen LogP contribution in [0.1, 0.15) is 68.1 Å². The van der Waals surface area contributed by atoms with Gasteiger partial charge in [-0.15, -0.1) is 0 Å². The molecule has 0 aromatic carbocycles. The summed E-state index contributed by atoms with van der Waals surface area (Å²) >= 11 is 0. The molecule has 3 rings (SSSR count). The van der Waals surface area contributed by atoms with E-state index in [4.69, 9.17) is 0 Å². The van der Waals surface area contributed by atoms with Crippen molar-refractivity contribution in [3.63, 3.8) is 0 Å². The van der Waals surface area contributed by atoms with E-state index in [0.29, 0.717) is 23.6 Å². The Balaban J connectivity index is 1.64. The standard InChI is InChI=1S/C15H23N3O/c1-9(2)13-8-14(18-17-13)15(19)16-12-7-6-10-4-3-5-11(10)12/h8-12H,3-7H2,1-2H3,(H,16,19)(H,17,18)/t10-,11-,12-/m0/s1. The summed E-state index contributed by atoms with van der Waals surface area (Å²) in [6, 6.07) is 2.25. The van der Waals surface area contributed by atoms with Crippen LogP contribution < -0.4 is 5.32 Å². The lowest BCUT2D eigenvalue weighted by Crippen LogP contribution is -2.37. The van der Waals surface area contributed by atoms with Crippen molar-refractivity contribution >= 4 is 5.91 Å². The molecule has 1 aromatic rings. The SMILES string of the molecule is CC(C)c1cc(C(=O)N[C@H]2CC[C@@H]3CCC[C@@H]32)n[nH]1. The Morgan fingerprint density at radius 1 is 1.37 bits per heavy atom. The summed E-state index contributed by atoms with van der Waals surface area (Å²) in [6.07, 6.45) is 6.40. The Bertz CT molecular complexity index is 466. The van der Waals surface area contributed by atoms with Gasteiger partial charge in [-0.05, 0) is 43.1 Å². The summed E-state index contributed by atoms with van der Waals surface area (Å²) in [5.41, 5.74) is 1.56. The summed E-state index contributed by atoms with van der Waals surface area (Å²) in [5, 5.41) is 10.3. The number of H-pyrrole nitrogens is 1. The molecule has 0 bridgehead atoms. The lowest BCUT2D eigenvalue weighted by Gasteiger charge is -2.19. The number of nitrogens with one attached hydrogen (secondary N) is 2. The first-order chi connectivity index (χ1) is 9.15. The molecule has 0 radical (unpaired) electrons. The highest BCUT2D eigenvalue weighted by Gasteiger charge is 2.39. The quantitative estimate of drug-likeness (QED) is 0.879. The molecule has 4 nitrogen and oxygen atoms in total. The van der Waals surface area contributed by atoms with E-state index in [2.05, 4.69) is 29.4 Å². The van der Waals surface area contributed by atoms with Crippen LogP contribution in [0.2, 0.25) is 0 Å². The zero-order chi connectivity index (χ0) is 13.4. The summed E-state index contributed by atoms with van der Waals surface area (Å²) in [7, 11) is 0. The molecule has 2 aliphatic carbocycles. The summed E-state index contributed by atoms with van der Waals surface area (Å²) < 4.78 is 0. The van der Waals surface area contributed by atoms with Crippen molar-refractivity contribution < 1.29 is 4.79 Å². The Morgan fingerprint density at radius 2 is 2.21 bits per heavy atom. The van der Waals surface area contributed by atoms with Gasteiger partial charge in [-0.3, -0.25) is 9.89 Å². The highest BCUT2D eigenvalue weighted by molar-refractivity contribution is 5.92. The Hall–Kier alpha value is -1.32. The molecule has 104 valence electrons. The molecule has 2 saturated carbocycles. The molecule has 1 amide bonds. The zero-order valence-corrected chi connectivity index (χ0v) is 11.8. The molecule has 0 aliphatic heterocycles. The van der Waals surface area contributed by atoms with Crippen LogP contribution in [0, 0.1) is 11.8 Å². The number of hydrogen-bond acceptors (Lipinski definition) is 2. The molecule has 1 aromatic heterocycles. The maximum absolute atomic E-state index is 12.2. The number of amides is 1. The third-order valence-corrected chi connectivity index (χ3v) is 4.85. The van der Waals surface area contributed by atoms with Gasteiger partial charge in [0.2, 0.25) is 0 Å². The molecule has 19 heavy (non-hydrogen) atoms. The Kier molecular flexibility index (Phi) is 3.33. The van der Waals surface area contributed by atoms with Gasteiger partial charge in [-0.1, -0.05) is 26.7 Å². The minimum atomic E-state index is -0.0132. The van der Waals surface area contributed by atoms with Crippen LogP contribution in [0.3, 0.4) is 0 Å². The molecule has 2 fully saturated rings. The third kappa shape index (κ3) is 2.40. The van der Waals surface area contributed by atoms with Crippen LogP contribution in [0.25, 0.3) is 0 Å². The normalized spacial score (nSPS) is 29.7. The van der Waals surface area contributed by atoms with Gasteiger partial charge < -0.3 is 5.32 Å². The lowest BCUT2D eigenvalue weighted by molar-refractivity contribution is 0.0921. The van der Waals surface area contributed by atoms with Crippen molar-refractivity contribution in [1.82, 2.24) is 15.5 Å². The minimum absolute atomic E-state index is 0.0132. The number of hydrogen-bond donors (Lipinski definition) is 2. The van der Waals surface area contributed by atoms with Crippen LogP contribution in [-0.2, 0) is 0 Å². The maximum atomic E-state index is 12.2. The number of rotatable bonds is 3. The highest BCUT2D eigenvalue weighted by Crippen LogP contribution is 2.43. The first-order valence-corrected chi connectivity index (χ1v) is 7.51. The lowest BCUT2D eigenvalue weighted by atomic mass is 9.97. The summed E-state index contributed by atoms with van der Waals surface area (Å²) in [5.74, 6) is 1.93. The van der Waals surface area contributed by atoms with Crippen LogP contribution in [-0.4, -0.2) is 22.1 Å². The molecule has 2 N–H and O–H groups in total. The molecule has 3 atom stereocenters. The van der Waals surface area contributed by atoms with E-state index in [9.17, 15) is 4.79 Å². The van der Waals surface area contributed by atoms with Crippen molar-refractivity contribution in [1.29, 1.82) is 0 Å². The largest absolute Gasteiger partial charge is 0.348 e. The van der Waals surface area contributed by atoms with Crippen molar-refractivity contribution in [3.05, 3.63) is 17.5 Å². The smallest absolute Gasteiger partial charge is 0.272 e. The van der Waals surface area contributed by atoms with Gasteiger partial charge in [0.05, 0.1) is 0 Å². The summed E-state index contributed by atoms with van der Waals surface area (Å²) in [6.45, 7) is 4.19. The molecular formula is C15H23N3O. The molecular weight excluding hydrogens is 238 g/mol. The van der Waals surface area contributed by atoms with Crippen molar-refractivity contribution in [2.75, 3.05) is 0 Å². The first kappa shape index (κ1) is 12.7. The van der Waals surface area contributed by atoms with Gasteiger partial charge in [-0.2, -0.15) is 5.10 Å². The van der Waals surface area contributed by atoms with Gasteiger partial charge in [0.1, 0.15) is 5.69 Å². The van der Waals surface area contributed by atoms with E-state index in [0.717, 1.165) is 18.0 Å². The second-order valence-electron chi connectivity index (χ2n) is 6.38. The van der Waals surface area contributed by atoms with E-state index >= 15 is 0 Å². The van der Waals surface area contributed by atoms with E-state index in [-0.39, 0.29) is 5.91 Å². The van der Waals surface area contributed by atoms with Crippen molar-refractivity contribution in [2.45, 2.75) is 57.9 Å². The van der Waals surface area contributed by atoms with Crippen molar-refractivity contribution in [3.8, 4) is 0 Å². The number of carbonyl (C=O) groups excluding carboxylic acids is 1. The minimum Gasteiger partial charge on any atom is -0.348 e. The number of fused-ring (bicyclic) bond motifs is 1. The van der Waals surface area contributed by atoms with E-state index in [1.807, 2.05) is 6.07 Å². The average Bonchev–Trinajstić information content (AvgIpc) is 3.05. The third-order valence-electron chi connectivity index (χ3n) is 4.85. The molecule has 2 aliphatic rings. The van der Waals surface area contributed by atoms with Crippen LogP contribution in [0.4, 0.5) is 0 Å². The van der Waals surface area contributed by atoms with E-state index in [1.165, 1.54) is 25.7 Å². The highest BCUT2D eigenvalue weighted by atomic mass is 16.2. The van der Waals surface area contributed by atoms with Gasteiger partial charge in [0.15, 0.2) is 0 Å². The molecule has 1 heterocycles. The molecule has 0 unspecified atom stereocenters. The van der Waals surface area contributed by atoms with E-state index < -0.39 is 0 Å². The fourth-order valence-electron chi connectivity index (χ4n) is 3.73. The first-order valence-electron chi connectivity index (χ1n) is 7.51. The monoisotopic (exact) mass is 261 g/mol. The Morgan fingerprint density at radius 3 is 2.95 bits per heavy atom. The molecule has 0 saturated heterocycles.